The highest BCUT2D eigenvalue weighted by Gasteiger charge is 2.94. The summed E-state index contributed by atoms with van der Waals surface area (Å²) >= 11 is 0. The van der Waals surface area contributed by atoms with E-state index in [-0.39, 0.29) is 11.9 Å². The molecule has 6 heteroatoms. The number of ether oxygens (including phenoxy) is 2. The molecule has 1 saturated carbocycles. The number of nitrogens with two attached hydrogens (primary N) is 1. The monoisotopic (exact) mass is 322 g/mol. The second kappa shape index (κ2) is 4.36. The Morgan fingerprint density at radius 2 is 2.04 bits per heavy atom. The summed E-state index contributed by atoms with van der Waals surface area (Å²) in [5.41, 5.74) is 6.77. The molecule has 2 N–H and O–H groups in total. The molecule has 1 aromatic rings. The molecule has 3 aliphatic rings. The van der Waals surface area contributed by atoms with Crippen LogP contribution in [0.25, 0.3) is 0 Å². The van der Waals surface area contributed by atoms with Crippen molar-refractivity contribution < 1.29 is 9.47 Å². The van der Waals surface area contributed by atoms with Gasteiger partial charge < -0.3 is 15.2 Å². The lowest BCUT2D eigenvalue weighted by Crippen LogP contribution is -2.39. The first-order valence-corrected chi connectivity index (χ1v) is 7.96. The number of aliphatic imine (C=N–C) groups is 1. The van der Waals surface area contributed by atoms with Gasteiger partial charge in [0.15, 0.2) is 5.41 Å². The molecule has 122 valence electrons. The number of rotatable bonds is 1. The van der Waals surface area contributed by atoms with Crippen molar-refractivity contribution in [2.75, 3.05) is 6.61 Å². The van der Waals surface area contributed by atoms with Crippen molar-refractivity contribution in [2.45, 2.75) is 38.7 Å². The average Bonchev–Trinajstić information content (AvgIpc) is 2.90. The summed E-state index contributed by atoms with van der Waals surface area (Å²) in [6.45, 7) is 6.16. The lowest BCUT2D eigenvalue weighted by Gasteiger charge is -2.26. The van der Waals surface area contributed by atoms with Crippen LogP contribution in [0.1, 0.15) is 29.5 Å². The maximum Gasteiger partial charge on any atom is 0.293 e. The zero-order valence-corrected chi connectivity index (χ0v) is 13.8. The van der Waals surface area contributed by atoms with E-state index < -0.39 is 22.7 Å². The van der Waals surface area contributed by atoms with Gasteiger partial charge in [-0.25, -0.2) is 4.99 Å². The van der Waals surface area contributed by atoms with Crippen molar-refractivity contribution in [2.24, 2.45) is 21.6 Å². The van der Waals surface area contributed by atoms with Crippen molar-refractivity contribution in [3.63, 3.8) is 0 Å². The van der Waals surface area contributed by atoms with Gasteiger partial charge in [-0.1, -0.05) is 23.8 Å². The highest BCUT2D eigenvalue weighted by atomic mass is 16.8. The van der Waals surface area contributed by atoms with Crippen LogP contribution in [0.4, 0.5) is 0 Å². The molecular weight excluding hydrogens is 304 g/mol. The number of nitrogens with zero attached hydrogens (tertiary/aromatic N) is 3. The molecule has 6 nitrogen and oxygen atoms in total. The van der Waals surface area contributed by atoms with E-state index in [4.69, 9.17) is 15.2 Å². The zero-order chi connectivity index (χ0) is 17.3. The number of aryl methyl sites for hydroxylation is 2. The van der Waals surface area contributed by atoms with Gasteiger partial charge in [0.25, 0.3) is 5.91 Å². The van der Waals surface area contributed by atoms with E-state index in [0.29, 0.717) is 6.61 Å². The molecule has 0 aromatic heterocycles. The third kappa shape index (κ3) is 1.36. The molecule has 0 bridgehead atoms. The van der Waals surface area contributed by atoms with Gasteiger partial charge in [0, 0.05) is 5.92 Å². The molecule has 1 aliphatic carbocycles. The minimum Gasteiger partial charge on any atom is -0.386 e. The fourth-order valence-electron chi connectivity index (χ4n) is 4.48. The molecule has 24 heavy (non-hydrogen) atoms. The fraction of sp³-hybridized carbons (Fsp3) is 0.500. The van der Waals surface area contributed by atoms with E-state index in [1.807, 2.05) is 39.0 Å². The van der Waals surface area contributed by atoms with E-state index in [0.717, 1.165) is 16.7 Å². The van der Waals surface area contributed by atoms with Crippen molar-refractivity contribution in [3.05, 3.63) is 34.9 Å². The van der Waals surface area contributed by atoms with E-state index in [9.17, 15) is 10.5 Å². The number of hydrogen-bond acceptors (Lipinski definition) is 6. The van der Waals surface area contributed by atoms with Crippen LogP contribution in [0, 0.1) is 47.3 Å². The topological polar surface area (TPSA) is 104 Å². The van der Waals surface area contributed by atoms with E-state index in [1.54, 1.807) is 0 Å². The standard InChI is InChI=1S/C18H18N4O2/c1-10-4-5-13(11(2)6-10)14-16(8-19)15(21)22-18(17(14,16)9-20)23-7-12(3)24-18/h4-6,12,14H,7H2,1-3H3,(H2,21,22). The van der Waals surface area contributed by atoms with Crippen LogP contribution in [-0.4, -0.2) is 24.5 Å². The predicted octanol–water partition coefficient (Wildman–Crippen LogP) is 1.88. The van der Waals surface area contributed by atoms with Gasteiger partial charge in [0.05, 0.1) is 24.8 Å². The fourth-order valence-corrected chi connectivity index (χ4v) is 4.48. The molecule has 2 aliphatic heterocycles. The molecule has 5 unspecified atom stereocenters. The highest BCUT2D eigenvalue weighted by Crippen LogP contribution is 2.82. The summed E-state index contributed by atoms with van der Waals surface area (Å²) in [6.07, 6.45) is -0.207. The average molecular weight is 322 g/mol. The largest absolute Gasteiger partial charge is 0.386 e. The minimum atomic E-state index is -1.48. The molecule has 2 fully saturated rings. The summed E-state index contributed by atoms with van der Waals surface area (Å²) < 4.78 is 11.7. The third-order valence-corrected chi connectivity index (χ3v) is 5.54. The molecule has 0 radical (unpaired) electrons. The molecule has 1 saturated heterocycles. The van der Waals surface area contributed by atoms with Crippen LogP contribution in [0.15, 0.2) is 23.2 Å². The third-order valence-electron chi connectivity index (χ3n) is 5.54. The van der Waals surface area contributed by atoms with Gasteiger partial charge in [-0.15, -0.1) is 0 Å². The smallest absolute Gasteiger partial charge is 0.293 e. The molecule has 4 rings (SSSR count). The number of fused-ring (bicyclic) bond motifs is 2. The molecule has 1 aromatic carbocycles. The number of benzene rings is 1. The first kappa shape index (κ1) is 15.1. The molecule has 2 heterocycles. The normalized spacial score (nSPS) is 42.3. The van der Waals surface area contributed by atoms with Gasteiger partial charge in [0.1, 0.15) is 11.3 Å². The summed E-state index contributed by atoms with van der Waals surface area (Å²) in [5, 5.41) is 20.0. The number of nitriles is 2. The molecular formula is C18H18N4O2. The summed E-state index contributed by atoms with van der Waals surface area (Å²) in [6, 6.07) is 10.6. The predicted molar refractivity (Wildman–Crippen MR) is 85.6 cm³/mol. The Labute approximate surface area is 140 Å². The van der Waals surface area contributed by atoms with Gasteiger partial charge in [0.2, 0.25) is 0 Å². The number of amidine groups is 1. The highest BCUT2D eigenvalue weighted by molar-refractivity contribution is 6.00. The second-order valence-corrected chi connectivity index (χ2v) is 6.95. The van der Waals surface area contributed by atoms with Crippen LogP contribution < -0.4 is 5.73 Å². The van der Waals surface area contributed by atoms with Crippen LogP contribution in [0.3, 0.4) is 0 Å². The van der Waals surface area contributed by atoms with Crippen molar-refractivity contribution in [1.29, 1.82) is 10.5 Å². The Morgan fingerprint density at radius 1 is 1.29 bits per heavy atom. The first-order valence-electron chi connectivity index (χ1n) is 7.96. The second-order valence-electron chi connectivity index (χ2n) is 6.95. The van der Waals surface area contributed by atoms with E-state index in [2.05, 4.69) is 17.1 Å². The van der Waals surface area contributed by atoms with Crippen LogP contribution >= 0.6 is 0 Å². The van der Waals surface area contributed by atoms with Gasteiger partial charge in [-0.05, 0) is 31.9 Å². The maximum atomic E-state index is 10.1. The zero-order valence-electron chi connectivity index (χ0n) is 13.8. The van der Waals surface area contributed by atoms with E-state index >= 15 is 0 Å². The van der Waals surface area contributed by atoms with Crippen molar-refractivity contribution in [1.82, 2.24) is 0 Å². The van der Waals surface area contributed by atoms with Gasteiger partial charge >= 0.3 is 0 Å². The molecule has 0 amide bonds. The molecule has 5 atom stereocenters. The summed E-state index contributed by atoms with van der Waals surface area (Å²) in [7, 11) is 0. The Morgan fingerprint density at radius 3 is 2.58 bits per heavy atom. The van der Waals surface area contributed by atoms with E-state index in [1.165, 1.54) is 0 Å². The Hall–Kier alpha value is -2.41. The Bertz CT molecular complexity index is 867. The molecule has 1 spiro atoms. The minimum absolute atomic E-state index is 0.130. The summed E-state index contributed by atoms with van der Waals surface area (Å²) in [4.78, 5) is 4.31. The summed E-state index contributed by atoms with van der Waals surface area (Å²) in [5.74, 6) is -1.77. The maximum absolute atomic E-state index is 10.1. The van der Waals surface area contributed by atoms with Crippen LogP contribution in [-0.2, 0) is 9.47 Å². The Kier molecular flexibility index (Phi) is 2.75. The lowest BCUT2D eigenvalue weighted by molar-refractivity contribution is -0.193. The lowest BCUT2D eigenvalue weighted by atomic mass is 9.93. The SMILES string of the molecule is Cc1ccc(C2C3(C#N)C(N)=NC4(OCC(C)O4)C23C#N)c(C)c1. The quantitative estimate of drug-likeness (QED) is 0.850. The van der Waals surface area contributed by atoms with Gasteiger partial charge in [-0.3, -0.25) is 0 Å². The van der Waals surface area contributed by atoms with Gasteiger partial charge in [-0.2, -0.15) is 10.5 Å². The van der Waals surface area contributed by atoms with Crippen LogP contribution in [0.5, 0.6) is 0 Å². The van der Waals surface area contributed by atoms with Crippen LogP contribution in [0.2, 0.25) is 0 Å². The Balaban J connectivity index is 1.94. The first-order chi connectivity index (χ1) is 11.4. The van der Waals surface area contributed by atoms with Crippen molar-refractivity contribution >= 4 is 5.84 Å². The number of hydrogen-bond donors (Lipinski definition) is 1. The van der Waals surface area contributed by atoms with Crippen molar-refractivity contribution in [3.8, 4) is 12.1 Å².